The number of phenols is 1. The number of aromatic amines is 1. The van der Waals surface area contributed by atoms with Gasteiger partial charge in [-0.3, -0.25) is 5.10 Å². The summed E-state index contributed by atoms with van der Waals surface area (Å²) in [5.41, 5.74) is 3.66. The molecule has 5 nitrogen and oxygen atoms in total. The summed E-state index contributed by atoms with van der Waals surface area (Å²) in [5, 5.41) is 18.5. The lowest BCUT2D eigenvalue weighted by Crippen LogP contribution is -1.93. The Morgan fingerprint density at radius 1 is 1.04 bits per heavy atom. The zero-order valence-corrected chi connectivity index (χ0v) is 14.3. The minimum atomic E-state index is -0.0309. The first-order valence-corrected chi connectivity index (χ1v) is 7.70. The van der Waals surface area contributed by atoms with E-state index in [1.165, 1.54) is 14.2 Å². The third-order valence-electron chi connectivity index (χ3n) is 3.86. The summed E-state index contributed by atoms with van der Waals surface area (Å²) < 4.78 is 10.5. The molecular weight excluding hydrogens is 328 g/mol. The van der Waals surface area contributed by atoms with Crippen molar-refractivity contribution in [1.29, 1.82) is 0 Å². The van der Waals surface area contributed by atoms with Crippen LogP contribution in [0.3, 0.4) is 0 Å². The molecule has 0 unspecified atom stereocenters. The lowest BCUT2D eigenvalue weighted by atomic mass is 9.98. The van der Waals surface area contributed by atoms with Crippen molar-refractivity contribution < 1.29 is 14.6 Å². The van der Waals surface area contributed by atoms with Crippen molar-refractivity contribution in [1.82, 2.24) is 10.2 Å². The van der Waals surface area contributed by atoms with Gasteiger partial charge in [0.2, 0.25) is 5.75 Å². The second-order valence-corrected chi connectivity index (χ2v) is 5.66. The molecule has 0 spiro atoms. The highest BCUT2D eigenvalue weighted by Gasteiger charge is 2.22. The van der Waals surface area contributed by atoms with E-state index in [-0.39, 0.29) is 11.5 Å². The van der Waals surface area contributed by atoms with Gasteiger partial charge in [0.1, 0.15) is 5.69 Å². The van der Waals surface area contributed by atoms with Gasteiger partial charge in [0, 0.05) is 27.4 Å². The molecule has 0 saturated carbocycles. The van der Waals surface area contributed by atoms with Gasteiger partial charge in [0.25, 0.3) is 0 Å². The molecular formula is C18H17ClN2O3. The minimum absolute atomic E-state index is 0.0309. The first-order valence-electron chi connectivity index (χ1n) is 7.32. The van der Waals surface area contributed by atoms with Gasteiger partial charge in [0.05, 0.1) is 14.2 Å². The molecule has 0 radical (unpaired) electrons. The third-order valence-corrected chi connectivity index (χ3v) is 4.19. The molecule has 24 heavy (non-hydrogen) atoms. The molecule has 0 aliphatic rings. The average Bonchev–Trinajstić information content (AvgIpc) is 2.96. The Morgan fingerprint density at radius 3 is 2.46 bits per heavy atom. The number of aromatic nitrogens is 2. The van der Waals surface area contributed by atoms with E-state index in [0.29, 0.717) is 22.0 Å². The smallest absolute Gasteiger partial charge is 0.203 e. The van der Waals surface area contributed by atoms with E-state index in [9.17, 15) is 5.11 Å². The molecule has 0 atom stereocenters. The van der Waals surface area contributed by atoms with Crippen LogP contribution in [0.25, 0.3) is 22.4 Å². The number of benzene rings is 2. The number of rotatable bonds is 4. The average molecular weight is 345 g/mol. The van der Waals surface area contributed by atoms with Crippen LogP contribution >= 0.6 is 11.6 Å². The van der Waals surface area contributed by atoms with Crippen LogP contribution in [-0.4, -0.2) is 29.5 Å². The molecule has 0 saturated heterocycles. The van der Waals surface area contributed by atoms with E-state index < -0.39 is 0 Å². The number of methoxy groups -OCH3 is 2. The number of hydrogen-bond acceptors (Lipinski definition) is 4. The highest BCUT2D eigenvalue weighted by molar-refractivity contribution is 6.33. The van der Waals surface area contributed by atoms with E-state index in [1.807, 2.05) is 31.2 Å². The van der Waals surface area contributed by atoms with Gasteiger partial charge in [-0.25, -0.2) is 0 Å². The van der Waals surface area contributed by atoms with Crippen LogP contribution in [0.2, 0.25) is 5.02 Å². The monoisotopic (exact) mass is 344 g/mol. The van der Waals surface area contributed by atoms with Crippen LogP contribution in [0.5, 0.6) is 17.2 Å². The molecule has 124 valence electrons. The second-order valence-electron chi connectivity index (χ2n) is 5.25. The maximum Gasteiger partial charge on any atom is 0.203 e. The van der Waals surface area contributed by atoms with E-state index >= 15 is 0 Å². The molecule has 6 heteroatoms. The maximum atomic E-state index is 10.6. The highest BCUT2D eigenvalue weighted by atomic mass is 35.5. The fourth-order valence-electron chi connectivity index (χ4n) is 2.72. The van der Waals surface area contributed by atoms with Crippen molar-refractivity contribution >= 4 is 11.6 Å². The standard InChI is InChI=1S/C18H17ClN2O3/c1-10-15(11-6-4-5-7-13(11)19)16(21-20-10)12-8-9-14(23-2)18(24-3)17(12)22/h4-9,22H,1-3H3,(H,20,21). The molecule has 0 aliphatic carbocycles. The summed E-state index contributed by atoms with van der Waals surface area (Å²) >= 11 is 6.34. The fraction of sp³-hybridized carbons (Fsp3) is 0.167. The Hall–Kier alpha value is -2.66. The molecule has 2 N–H and O–H groups in total. The first kappa shape index (κ1) is 16.2. The molecule has 0 bridgehead atoms. The van der Waals surface area contributed by atoms with Gasteiger partial charge >= 0.3 is 0 Å². The Morgan fingerprint density at radius 2 is 1.79 bits per heavy atom. The van der Waals surface area contributed by atoms with Gasteiger partial charge in [0.15, 0.2) is 11.5 Å². The molecule has 2 aromatic carbocycles. The summed E-state index contributed by atoms with van der Waals surface area (Å²) in [6, 6.07) is 11.0. The van der Waals surface area contributed by atoms with Crippen LogP contribution in [-0.2, 0) is 0 Å². The lowest BCUT2D eigenvalue weighted by molar-refractivity contribution is 0.334. The zero-order valence-electron chi connectivity index (χ0n) is 13.6. The Labute approximate surface area is 144 Å². The number of aromatic hydroxyl groups is 1. The van der Waals surface area contributed by atoms with Crippen molar-refractivity contribution in [3.8, 4) is 39.6 Å². The number of nitrogens with zero attached hydrogens (tertiary/aromatic N) is 1. The number of aryl methyl sites for hydroxylation is 1. The summed E-state index contributed by atoms with van der Waals surface area (Å²) in [4.78, 5) is 0. The van der Waals surface area contributed by atoms with Gasteiger partial charge in [-0.1, -0.05) is 29.8 Å². The fourth-order valence-corrected chi connectivity index (χ4v) is 2.95. The number of halogens is 1. The van der Waals surface area contributed by atoms with Crippen LogP contribution in [0.15, 0.2) is 36.4 Å². The number of nitrogens with one attached hydrogen (secondary N) is 1. The third kappa shape index (κ3) is 2.57. The van der Waals surface area contributed by atoms with E-state index in [4.69, 9.17) is 21.1 Å². The Kier molecular flexibility index (Phi) is 4.36. The second kappa shape index (κ2) is 6.45. The Bertz CT molecular complexity index is 890. The normalized spacial score (nSPS) is 10.7. The van der Waals surface area contributed by atoms with Crippen molar-refractivity contribution in [2.75, 3.05) is 14.2 Å². The zero-order chi connectivity index (χ0) is 17.3. The number of phenolic OH excluding ortho intramolecular Hbond substituents is 1. The molecule has 1 aromatic heterocycles. The number of ether oxygens (including phenoxy) is 2. The van der Waals surface area contributed by atoms with E-state index in [1.54, 1.807) is 12.1 Å². The molecule has 3 aromatic rings. The SMILES string of the molecule is COc1ccc(-c2n[nH]c(C)c2-c2ccccc2Cl)c(O)c1OC. The molecule has 0 fully saturated rings. The summed E-state index contributed by atoms with van der Waals surface area (Å²) in [6.45, 7) is 1.91. The first-order chi connectivity index (χ1) is 11.6. The van der Waals surface area contributed by atoms with Gasteiger partial charge in [-0.2, -0.15) is 5.10 Å². The van der Waals surface area contributed by atoms with Crippen LogP contribution in [0, 0.1) is 6.92 Å². The largest absolute Gasteiger partial charge is 0.504 e. The molecule has 0 aliphatic heterocycles. The van der Waals surface area contributed by atoms with Crippen LogP contribution in [0.4, 0.5) is 0 Å². The predicted molar refractivity (Wildman–Crippen MR) is 94.0 cm³/mol. The number of hydrogen-bond donors (Lipinski definition) is 2. The van der Waals surface area contributed by atoms with E-state index in [0.717, 1.165) is 16.8 Å². The molecule has 0 amide bonds. The predicted octanol–water partition coefficient (Wildman–Crippen LogP) is 4.43. The Balaban J connectivity index is 2.25. The van der Waals surface area contributed by atoms with Crippen molar-refractivity contribution in [2.24, 2.45) is 0 Å². The minimum Gasteiger partial charge on any atom is -0.504 e. The molecule has 1 heterocycles. The highest BCUT2D eigenvalue weighted by Crippen LogP contribution is 2.46. The summed E-state index contributed by atoms with van der Waals surface area (Å²) in [5.74, 6) is 0.683. The lowest BCUT2D eigenvalue weighted by Gasteiger charge is -2.13. The topological polar surface area (TPSA) is 67.4 Å². The summed E-state index contributed by atoms with van der Waals surface area (Å²) in [6.07, 6.45) is 0. The van der Waals surface area contributed by atoms with Crippen LogP contribution in [0.1, 0.15) is 5.69 Å². The van der Waals surface area contributed by atoms with Gasteiger partial charge in [-0.15, -0.1) is 0 Å². The molecule has 3 rings (SSSR count). The maximum absolute atomic E-state index is 10.6. The summed E-state index contributed by atoms with van der Waals surface area (Å²) in [7, 11) is 3.00. The van der Waals surface area contributed by atoms with E-state index in [2.05, 4.69) is 10.2 Å². The van der Waals surface area contributed by atoms with Gasteiger partial charge in [-0.05, 0) is 25.1 Å². The van der Waals surface area contributed by atoms with Crippen molar-refractivity contribution in [3.05, 3.63) is 47.1 Å². The number of H-pyrrole nitrogens is 1. The van der Waals surface area contributed by atoms with Crippen molar-refractivity contribution in [3.63, 3.8) is 0 Å². The van der Waals surface area contributed by atoms with Crippen molar-refractivity contribution in [2.45, 2.75) is 6.92 Å². The van der Waals surface area contributed by atoms with Gasteiger partial charge < -0.3 is 14.6 Å². The van der Waals surface area contributed by atoms with Crippen LogP contribution < -0.4 is 9.47 Å². The quantitative estimate of drug-likeness (QED) is 0.734.